The number of nitrogens with one attached hydrogen (secondary N) is 1. The molecule has 16 heavy (non-hydrogen) atoms. The molecule has 0 aliphatic carbocycles. The van der Waals surface area contributed by atoms with Crippen molar-refractivity contribution in [1.82, 2.24) is 9.36 Å². The fourth-order valence-corrected chi connectivity index (χ4v) is 1.88. The van der Waals surface area contributed by atoms with E-state index in [1.807, 2.05) is 18.2 Å². The second-order valence-corrected chi connectivity index (χ2v) is 3.87. The van der Waals surface area contributed by atoms with Crippen molar-refractivity contribution in [2.24, 2.45) is 0 Å². The van der Waals surface area contributed by atoms with E-state index < -0.39 is 0 Å². The van der Waals surface area contributed by atoms with Gasteiger partial charge in [-0.3, -0.25) is 4.98 Å². The first-order valence-corrected chi connectivity index (χ1v) is 5.36. The monoisotopic (exact) mass is 231 g/mol. The third-order valence-corrected chi connectivity index (χ3v) is 2.83. The van der Waals surface area contributed by atoms with Crippen LogP contribution in [-0.4, -0.2) is 9.36 Å². The normalized spacial score (nSPS) is 9.69. The third-order valence-electron chi connectivity index (χ3n) is 2.01. The number of nitrogens with zero attached hydrogens (tertiary/aromatic N) is 3. The molecule has 2 heterocycles. The van der Waals surface area contributed by atoms with Crippen molar-refractivity contribution < 1.29 is 0 Å². The maximum Gasteiger partial charge on any atom is 0.157 e. The van der Waals surface area contributed by atoms with E-state index >= 15 is 0 Å². The van der Waals surface area contributed by atoms with Crippen molar-refractivity contribution >= 4 is 22.4 Å². The second kappa shape index (κ2) is 4.59. The van der Waals surface area contributed by atoms with Crippen LogP contribution >= 0.6 is 11.5 Å². The lowest BCUT2D eigenvalue weighted by atomic mass is 10.3. The summed E-state index contributed by atoms with van der Waals surface area (Å²) in [5.41, 5.74) is 7.00. The standard InChI is InChI=1S/C10H9N5S/c11-4-8-9(12)15-16-10(8)14-6-7-2-1-3-13-5-7/h1-3,5,14H,6H2,(H2,12,15). The van der Waals surface area contributed by atoms with Crippen LogP contribution < -0.4 is 11.1 Å². The molecular formula is C10H9N5S. The van der Waals surface area contributed by atoms with Gasteiger partial charge in [0.25, 0.3) is 0 Å². The fraction of sp³-hybridized carbons (Fsp3) is 0.100. The average Bonchev–Trinajstić information content (AvgIpc) is 2.68. The molecule has 0 radical (unpaired) electrons. The second-order valence-electron chi connectivity index (χ2n) is 3.10. The predicted molar refractivity (Wildman–Crippen MR) is 62.8 cm³/mol. The minimum Gasteiger partial charge on any atom is -0.382 e. The summed E-state index contributed by atoms with van der Waals surface area (Å²) in [5.74, 6) is 0.279. The molecule has 0 saturated heterocycles. The number of pyridine rings is 1. The molecule has 3 N–H and O–H groups in total. The van der Waals surface area contributed by atoms with Gasteiger partial charge >= 0.3 is 0 Å². The molecule has 0 amide bonds. The highest BCUT2D eigenvalue weighted by molar-refractivity contribution is 7.10. The van der Waals surface area contributed by atoms with Gasteiger partial charge in [0.2, 0.25) is 0 Å². The third kappa shape index (κ3) is 2.10. The maximum atomic E-state index is 8.87. The Hall–Kier alpha value is -2.13. The molecule has 2 aromatic heterocycles. The zero-order valence-electron chi connectivity index (χ0n) is 8.34. The summed E-state index contributed by atoms with van der Waals surface area (Å²) < 4.78 is 3.92. The summed E-state index contributed by atoms with van der Waals surface area (Å²) in [5, 5.41) is 12.7. The van der Waals surface area contributed by atoms with Crippen molar-refractivity contribution in [1.29, 1.82) is 5.26 Å². The summed E-state index contributed by atoms with van der Waals surface area (Å²) in [7, 11) is 0. The van der Waals surface area contributed by atoms with E-state index in [2.05, 4.69) is 14.7 Å². The van der Waals surface area contributed by atoms with E-state index in [1.165, 1.54) is 11.5 Å². The lowest BCUT2D eigenvalue weighted by molar-refractivity contribution is 1.12. The smallest absolute Gasteiger partial charge is 0.157 e. The molecule has 0 aliphatic heterocycles. The maximum absolute atomic E-state index is 8.87. The minimum atomic E-state index is 0.279. The lowest BCUT2D eigenvalue weighted by Crippen LogP contribution is -1.99. The highest BCUT2D eigenvalue weighted by Gasteiger charge is 2.09. The summed E-state index contributed by atoms with van der Waals surface area (Å²) in [6, 6.07) is 5.84. The molecular weight excluding hydrogens is 222 g/mol. The van der Waals surface area contributed by atoms with Crippen molar-refractivity contribution in [3.63, 3.8) is 0 Å². The van der Waals surface area contributed by atoms with E-state index in [9.17, 15) is 0 Å². The van der Waals surface area contributed by atoms with Crippen LogP contribution in [0.2, 0.25) is 0 Å². The van der Waals surface area contributed by atoms with Crippen LogP contribution in [-0.2, 0) is 6.54 Å². The molecule has 0 bridgehead atoms. The summed E-state index contributed by atoms with van der Waals surface area (Å²) >= 11 is 1.19. The summed E-state index contributed by atoms with van der Waals surface area (Å²) in [6.07, 6.45) is 3.48. The highest BCUT2D eigenvalue weighted by Crippen LogP contribution is 2.25. The van der Waals surface area contributed by atoms with Gasteiger partial charge in [0.05, 0.1) is 0 Å². The zero-order chi connectivity index (χ0) is 11.4. The largest absolute Gasteiger partial charge is 0.382 e. The number of nitrogens with two attached hydrogens (primary N) is 1. The van der Waals surface area contributed by atoms with E-state index in [0.717, 1.165) is 5.56 Å². The Kier molecular flexibility index (Phi) is 2.98. The minimum absolute atomic E-state index is 0.279. The van der Waals surface area contributed by atoms with Gasteiger partial charge in [0, 0.05) is 18.9 Å². The Morgan fingerprint density at radius 3 is 3.12 bits per heavy atom. The molecule has 0 fully saturated rings. The van der Waals surface area contributed by atoms with Gasteiger partial charge in [-0.15, -0.1) is 0 Å². The van der Waals surface area contributed by atoms with Gasteiger partial charge in [-0.2, -0.15) is 9.64 Å². The Labute approximate surface area is 96.7 Å². The molecule has 2 aromatic rings. The molecule has 2 rings (SSSR count). The first kappa shape index (κ1) is 10.4. The highest BCUT2D eigenvalue weighted by atomic mass is 32.1. The van der Waals surface area contributed by atoms with Crippen LogP contribution in [0.5, 0.6) is 0 Å². The number of hydrogen-bond donors (Lipinski definition) is 2. The molecule has 0 spiro atoms. The van der Waals surface area contributed by atoms with Gasteiger partial charge in [-0.1, -0.05) is 6.07 Å². The molecule has 6 heteroatoms. The van der Waals surface area contributed by atoms with Crippen LogP contribution in [0.1, 0.15) is 11.1 Å². The first-order valence-electron chi connectivity index (χ1n) is 4.59. The molecule has 0 aliphatic rings. The van der Waals surface area contributed by atoms with Crippen LogP contribution in [0.25, 0.3) is 0 Å². The molecule has 0 saturated carbocycles. The average molecular weight is 231 g/mol. The number of nitrogen functional groups attached to an aromatic ring is 1. The van der Waals surface area contributed by atoms with Crippen molar-refractivity contribution in [3.05, 3.63) is 35.7 Å². The molecule has 80 valence electrons. The fourth-order valence-electron chi connectivity index (χ4n) is 1.22. The Balaban J connectivity index is 2.09. The number of hydrogen-bond acceptors (Lipinski definition) is 6. The Morgan fingerprint density at radius 1 is 1.56 bits per heavy atom. The van der Waals surface area contributed by atoms with Crippen LogP contribution in [0.15, 0.2) is 24.5 Å². The molecule has 0 aromatic carbocycles. The van der Waals surface area contributed by atoms with Crippen molar-refractivity contribution in [2.45, 2.75) is 6.54 Å². The SMILES string of the molecule is N#Cc1c(N)nsc1NCc1cccnc1. The topological polar surface area (TPSA) is 87.6 Å². The molecule has 0 unspecified atom stereocenters. The van der Waals surface area contributed by atoms with E-state index in [1.54, 1.807) is 12.4 Å². The Bertz CT molecular complexity index is 514. The Morgan fingerprint density at radius 2 is 2.44 bits per heavy atom. The van der Waals surface area contributed by atoms with Gasteiger partial charge in [-0.05, 0) is 23.2 Å². The lowest BCUT2D eigenvalue weighted by Gasteiger charge is -2.02. The van der Waals surface area contributed by atoms with E-state index in [-0.39, 0.29) is 5.82 Å². The number of anilines is 2. The van der Waals surface area contributed by atoms with Crippen molar-refractivity contribution in [2.75, 3.05) is 11.1 Å². The number of rotatable bonds is 3. The summed E-state index contributed by atoms with van der Waals surface area (Å²) in [6.45, 7) is 0.601. The van der Waals surface area contributed by atoms with Crippen molar-refractivity contribution in [3.8, 4) is 6.07 Å². The van der Waals surface area contributed by atoms with Gasteiger partial charge in [0.15, 0.2) is 5.82 Å². The van der Waals surface area contributed by atoms with E-state index in [4.69, 9.17) is 11.0 Å². The van der Waals surface area contributed by atoms with Crippen LogP contribution in [0.4, 0.5) is 10.8 Å². The first-order chi connectivity index (χ1) is 7.81. The quantitative estimate of drug-likeness (QED) is 0.837. The van der Waals surface area contributed by atoms with E-state index in [0.29, 0.717) is 17.1 Å². The van der Waals surface area contributed by atoms with Crippen LogP contribution in [0, 0.1) is 11.3 Å². The summed E-state index contributed by atoms with van der Waals surface area (Å²) in [4.78, 5) is 4.00. The predicted octanol–water partition coefficient (Wildman–Crippen LogP) is 1.60. The van der Waals surface area contributed by atoms with Gasteiger partial charge in [0.1, 0.15) is 16.6 Å². The molecule has 0 atom stereocenters. The zero-order valence-corrected chi connectivity index (χ0v) is 9.16. The van der Waals surface area contributed by atoms with Crippen LogP contribution in [0.3, 0.4) is 0 Å². The number of nitriles is 1. The number of aromatic nitrogens is 2. The molecule has 5 nitrogen and oxygen atoms in total. The van der Waals surface area contributed by atoms with Gasteiger partial charge in [-0.25, -0.2) is 0 Å². The van der Waals surface area contributed by atoms with Gasteiger partial charge < -0.3 is 11.1 Å².